The summed E-state index contributed by atoms with van der Waals surface area (Å²) in [5, 5.41) is 0. The molecule has 0 spiro atoms. The van der Waals surface area contributed by atoms with Crippen molar-refractivity contribution in [1.82, 2.24) is 19.9 Å². The van der Waals surface area contributed by atoms with Crippen LogP contribution in [-0.4, -0.2) is 19.9 Å². The van der Waals surface area contributed by atoms with Crippen molar-refractivity contribution in [2.45, 2.75) is 0 Å². The molecule has 5 heteroatoms. The highest BCUT2D eigenvalue weighted by atomic mass is 16.1. The molecule has 0 aliphatic heterocycles. The van der Waals surface area contributed by atoms with Crippen molar-refractivity contribution < 1.29 is 0 Å². The molecule has 0 bridgehead atoms. The summed E-state index contributed by atoms with van der Waals surface area (Å²) in [4.78, 5) is 24.6. The topological polar surface area (TPSA) is 71.5 Å². The normalized spacial score (nSPS) is 9.85. The second-order valence-corrected chi connectivity index (χ2v) is 2.39. The molecule has 0 atom stereocenters. The van der Waals surface area contributed by atoms with E-state index in [9.17, 15) is 4.79 Å². The van der Waals surface area contributed by atoms with Crippen LogP contribution in [0.3, 0.4) is 0 Å². The zero-order chi connectivity index (χ0) is 9.10. The third-order valence-electron chi connectivity index (χ3n) is 1.54. The molecule has 0 saturated heterocycles. The molecule has 2 rings (SSSR count). The first-order valence-electron chi connectivity index (χ1n) is 3.68. The molecule has 0 fully saturated rings. The van der Waals surface area contributed by atoms with Crippen LogP contribution in [0.5, 0.6) is 0 Å². The van der Waals surface area contributed by atoms with E-state index < -0.39 is 5.69 Å². The van der Waals surface area contributed by atoms with Gasteiger partial charge in [0, 0.05) is 18.0 Å². The van der Waals surface area contributed by atoms with Crippen LogP contribution in [0, 0.1) is 0 Å². The highest BCUT2D eigenvalue weighted by Gasteiger charge is 1.97. The Morgan fingerprint density at radius 2 is 1.92 bits per heavy atom. The molecule has 0 amide bonds. The van der Waals surface area contributed by atoms with Crippen LogP contribution in [0.15, 0.2) is 35.6 Å². The Morgan fingerprint density at radius 3 is 2.62 bits per heavy atom. The third-order valence-corrected chi connectivity index (χ3v) is 1.54. The van der Waals surface area contributed by atoms with E-state index in [-0.39, 0.29) is 0 Å². The van der Waals surface area contributed by atoms with Gasteiger partial charge < -0.3 is 0 Å². The average molecular weight is 174 g/mol. The summed E-state index contributed by atoms with van der Waals surface area (Å²) in [5.41, 5.74) is 0.413. The van der Waals surface area contributed by atoms with Gasteiger partial charge in [-0.05, 0) is 12.1 Å². The molecular weight excluding hydrogens is 168 g/mol. The Balaban J connectivity index is 2.54. The zero-order valence-corrected chi connectivity index (χ0v) is 6.64. The summed E-state index contributed by atoms with van der Waals surface area (Å²) >= 11 is 0. The molecule has 0 aromatic carbocycles. The van der Waals surface area contributed by atoms with Crippen molar-refractivity contribution in [3.8, 4) is 11.4 Å². The van der Waals surface area contributed by atoms with Crippen LogP contribution in [0.25, 0.3) is 11.4 Å². The quantitative estimate of drug-likeness (QED) is 0.671. The first-order chi connectivity index (χ1) is 6.36. The van der Waals surface area contributed by atoms with Crippen molar-refractivity contribution >= 4 is 0 Å². The number of aromatic amines is 1. The fraction of sp³-hybridized carbons (Fsp3) is 0. The number of nitrogens with zero attached hydrogens (tertiary/aromatic N) is 3. The molecule has 64 valence electrons. The predicted molar refractivity (Wildman–Crippen MR) is 45.9 cm³/mol. The number of H-pyrrole nitrogens is 1. The van der Waals surface area contributed by atoms with Gasteiger partial charge in [0.15, 0.2) is 0 Å². The molecule has 5 nitrogen and oxygen atoms in total. The van der Waals surface area contributed by atoms with E-state index in [0.29, 0.717) is 5.82 Å². The van der Waals surface area contributed by atoms with Crippen LogP contribution in [0.2, 0.25) is 0 Å². The third kappa shape index (κ3) is 1.58. The van der Waals surface area contributed by atoms with E-state index in [4.69, 9.17) is 0 Å². The Kier molecular flexibility index (Phi) is 1.84. The average Bonchev–Trinajstić information content (AvgIpc) is 2.19. The predicted octanol–water partition coefficient (Wildman–Crippen LogP) is 0.227. The van der Waals surface area contributed by atoms with Gasteiger partial charge in [-0.3, -0.25) is 9.97 Å². The lowest BCUT2D eigenvalue weighted by atomic mass is 10.2. The van der Waals surface area contributed by atoms with E-state index in [1.54, 1.807) is 24.5 Å². The molecule has 1 N–H and O–H groups in total. The molecule has 2 heterocycles. The largest absolute Gasteiger partial charge is 0.348 e. The minimum Gasteiger partial charge on any atom is -0.290 e. The maximum atomic E-state index is 10.8. The van der Waals surface area contributed by atoms with Gasteiger partial charge in [-0.2, -0.15) is 4.98 Å². The van der Waals surface area contributed by atoms with E-state index in [0.717, 1.165) is 5.56 Å². The standard InChI is InChI=1S/C8H6N4O/c13-8-11-5-10-7(12-8)6-1-3-9-4-2-6/h1-5H,(H,10,11,12,13). The number of aromatic nitrogens is 4. The smallest absolute Gasteiger partial charge is 0.290 e. The lowest BCUT2D eigenvalue weighted by Crippen LogP contribution is -2.11. The van der Waals surface area contributed by atoms with Crippen molar-refractivity contribution in [2.24, 2.45) is 0 Å². The molecule has 0 saturated carbocycles. The highest BCUT2D eigenvalue weighted by molar-refractivity contribution is 5.52. The second-order valence-electron chi connectivity index (χ2n) is 2.39. The van der Waals surface area contributed by atoms with Gasteiger partial charge in [0.2, 0.25) is 0 Å². The van der Waals surface area contributed by atoms with Gasteiger partial charge in [-0.15, -0.1) is 0 Å². The summed E-state index contributed by atoms with van der Waals surface area (Å²) < 4.78 is 0. The summed E-state index contributed by atoms with van der Waals surface area (Å²) in [6, 6.07) is 3.52. The molecular formula is C8H6N4O. The first-order valence-corrected chi connectivity index (χ1v) is 3.68. The molecule has 0 aliphatic carbocycles. The summed E-state index contributed by atoms with van der Waals surface area (Å²) in [5.74, 6) is 0.502. The molecule has 0 radical (unpaired) electrons. The molecule has 2 aromatic heterocycles. The van der Waals surface area contributed by atoms with Crippen molar-refractivity contribution in [3.05, 3.63) is 41.3 Å². The second kappa shape index (κ2) is 3.14. The number of hydrogen-bond acceptors (Lipinski definition) is 4. The van der Waals surface area contributed by atoms with Crippen molar-refractivity contribution in [2.75, 3.05) is 0 Å². The van der Waals surface area contributed by atoms with Gasteiger partial charge in [-0.1, -0.05) is 0 Å². The van der Waals surface area contributed by atoms with E-state index in [1.165, 1.54) is 6.33 Å². The lowest BCUT2D eigenvalue weighted by Gasteiger charge is -1.96. The summed E-state index contributed by atoms with van der Waals surface area (Å²) in [7, 11) is 0. The van der Waals surface area contributed by atoms with Crippen LogP contribution in [0.4, 0.5) is 0 Å². The van der Waals surface area contributed by atoms with Crippen molar-refractivity contribution in [1.29, 1.82) is 0 Å². The fourth-order valence-corrected chi connectivity index (χ4v) is 0.961. The number of rotatable bonds is 1. The fourth-order valence-electron chi connectivity index (χ4n) is 0.961. The summed E-state index contributed by atoms with van der Waals surface area (Å²) in [6.07, 6.45) is 4.50. The number of hydrogen-bond donors (Lipinski definition) is 1. The highest BCUT2D eigenvalue weighted by Crippen LogP contribution is 2.08. The van der Waals surface area contributed by atoms with E-state index in [2.05, 4.69) is 19.9 Å². The van der Waals surface area contributed by atoms with E-state index in [1.807, 2.05) is 0 Å². The molecule has 2 aromatic rings. The zero-order valence-electron chi connectivity index (χ0n) is 6.64. The van der Waals surface area contributed by atoms with E-state index >= 15 is 0 Å². The van der Waals surface area contributed by atoms with Crippen LogP contribution in [0.1, 0.15) is 0 Å². The maximum absolute atomic E-state index is 10.8. The lowest BCUT2D eigenvalue weighted by molar-refractivity contribution is 0.993. The number of pyridine rings is 1. The van der Waals surface area contributed by atoms with Gasteiger partial charge in [0.25, 0.3) is 0 Å². The van der Waals surface area contributed by atoms with Gasteiger partial charge in [0.05, 0.1) is 0 Å². The van der Waals surface area contributed by atoms with Crippen LogP contribution >= 0.6 is 0 Å². The van der Waals surface area contributed by atoms with Crippen LogP contribution in [-0.2, 0) is 0 Å². The number of nitrogens with one attached hydrogen (secondary N) is 1. The van der Waals surface area contributed by atoms with Gasteiger partial charge >= 0.3 is 5.69 Å². The Morgan fingerprint density at radius 1 is 1.15 bits per heavy atom. The Labute approximate surface area is 73.5 Å². The minimum atomic E-state index is -0.401. The molecule has 13 heavy (non-hydrogen) atoms. The van der Waals surface area contributed by atoms with Crippen molar-refractivity contribution in [3.63, 3.8) is 0 Å². The first kappa shape index (κ1) is 7.60. The monoisotopic (exact) mass is 174 g/mol. The SMILES string of the molecule is O=c1ncnc(-c2ccncc2)[nH]1. The summed E-state index contributed by atoms with van der Waals surface area (Å²) in [6.45, 7) is 0. The molecule has 0 aliphatic rings. The van der Waals surface area contributed by atoms with Gasteiger partial charge in [0.1, 0.15) is 12.2 Å². The Hall–Kier alpha value is -2.04. The van der Waals surface area contributed by atoms with Crippen LogP contribution < -0.4 is 5.69 Å². The Bertz CT molecular complexity index is 451. The molecule has 0 unspecified atom stereocenters. The maximum Gasteiger partial charge on any atom is 0.348 e. The minimum absolute atomic E-state index is 0.401. The van der Waals surface area contributed by atoms with Gasteiger partial charge in [-0.25, -0.2) is 9.78 Å².